The zero-order valence-corrected chi connectivity index (χ0v) is 11.2. The van der Waals surface area contributed by atoms with Crippen LogP contribution in [0.1, 0.15) is 5.56 Å². The Morgan fingerprint density at radius 3 is 2.76 bits per heavy atom. The predicted molar refractivity (Wildman–Crippen MR) is 70.1 cm³/mol. The van der Waals surface area contributed by atoms with E-state index >= 15 is 0 Å². The number of nitrogen functional groups attached to an aromatic ring is 1. The van der Waals surface area contributed by atoms with Gasteiger partial charge in [-0.1, -0.05) is 0 Å². The summed E-state index contributed by atoms with van der Waals surface area (Å²) in [5.41, 5.74) is 5.00. The fourth-order valence-corrected chi connectivity index (χ4v) is 2.54. The summed E-state index contributed by atoms with van der Waals surface area (Å²) in [6.45, 7) is -0.157. The van der Waals surface area contributed by atoms with E-state index in [2.05, 4.69) is 14.9 Å². The van der Waals surface area contributed by atoms with E-state index in [9.17, 15) is 22.9 Å². The molecule has 0 amide bonds. The van der Waals surface area contributed by atoms with Gasteiger partial charge >= 0.3 is 5.69 Å². The van der Waals surface area contributed by atoms with Crippen LogP contribution in [0.15, 0.2) is 29.3 Å². The molecule has 0 unspecified atom stereocenters. The number of nitrogens with two attached hydrogens (primary N) is 1. The molecule has 0 saturated carbocycles. The minimum Gasteiger partial charge on any atom is -0.384 e. The number of aromatic amines is 1. The van der Waals surface area contributed by atoms with Gasteiger partial charge in [-0.3, -0.25) is 15.2 Å². The first-order valence-corrected chi connectivity index (χ1v) is 7.01. The highest BCUT2D eigenvalue weighted by atomic mass is 32.2. The van der Waals surface area contributed by atoms with Crippen LogP contribution in [0.2, 0.25) is 0 Å². The second kappa shape index (κ2) is 5.46. The smallest absolute Gasteiger partial charge is 0.306 e. The topological polar surface area (TPSA) is 144 Å². The van der Waals surface area contributed by atoms with Crippen molar-refractivity contribution in [1.82, 2.24) is 14.9 Å². The Morgan fingerprint density at radius 1 is 1.48 bits per heavy atom. The number of anilines is 1. The van der Waals surface area contributed by atoms with Crippen molar-refractivity contribution in [3.05, 3.63) is 45.9 Å². The minimum absolute atomic E-state index is 0.157. The van der Waals surface area contributed by atoms with Gasteiger partial charge in [-0.15, -0.1) is 0 Å². The van der Waals surface area contributed by atoms with E-state index in [0.29, 0.717) is 11.6 Å². The van der Waals surface area contributed by atoms with Crippen LogP contribution in [0.4, 0.5) is 15.9 Å². The monoisotopic (exact) mass is 315 g/mol. The Kier molecular flexibility index (Phi) is 3.86. The third kappa shape index (κ3) is 3.14. The maximum absolute atomic E-state index is 13.2. The van der Waals surface area contributed by atoms with Crippen molar-refractivity contribution < 1.29 is 17.7 Å². The van der Waals surface area contributed by atoms with Crippen molar-refractivity contribution in [2.75, 3.05) is 5.73 Å². The number of nitro benzene ring substituents is 1. The second-order valence-electron chi connectivity index (χ2n) is 4.00. The van der Waals surface area contributed by atoms with Crippen LogP contribution in [0.25, 0.3) is 0 Å². The summed E-state index contributed by atoms with van der Waals surface area (Å²) in [5.74, 6) is -0.916. The molecule has 9 nitrogen and oxygen atoms in total. The van der Waals surface area contributed by atoms with E-state index in [1.807, 2.05) is 0 Å². The van der Waals surface area contributed by atoms with Gasteiger partial charge in [0.2, 0.25) is 15.8 Å². The number of hydrogen-bond acceptors (Lipinski definition) is 6. The molecule has 0 fully saturated rings. The van der Waals surface area contributed by atoms with Gasteiger partial charge in [0.25, 0.3) is 0 Å². The lowest BCUT2D eigenvalue weighted by Crippen LogP contribution is -2.23. The van der Waals surface area contributed by atoms with Crippen LogP contribution in [0, 0.1) is 15.9 Å². The lowest BCUT2D eigenvalue weighted by molar-refractivity contribution is -0.387. The largest absolute Gasteiger partial charge is 0.384 e. The van der Waals surface area contributed by atoms with Crippen LogP contribution >= 0.6 is 0 Å². The number of sulfonamides is 1. The summed E-state index contributed by atoms with van der Waals surface area (Å²) in [7, 11) is -4.04. The molecule has 2 aromatic rings. The van der Waals surface area contributed by atoms with Crippen molar-refractivity contribution in [2.24, 2.45) is 0 Å². The molecule has 11 heteroatoms. The highest BCUT2D eigenvalue weighted by Crippen LogP contribution is 2.21. The molecule has 1 aromatic carbocycles. The molecule has 0 aliphatic heterocycles. The van der Waals surface area contributed by atoms with Crippen LogP contribution in [0.5, 0.6) is 0 Å². The number of halogens is 1. The number of nitro groups is 1. The minimum atomic E-state index is -4.04. The van der Waals surface area contributed by atoms with Crippen LogP contribution in [-0.4, -0.2) is 23.5 Å². The summed E-state index contributed by atoms with van der Waals surface area (Å²) >= 11 is 0. The van der Waals surface area contributed by atoms with Crippen LogP contribution < -0.4 is 10.5 Å². The van der Waals surface area contributed by atoms with E-state index < -0.39 is 31.3 Å². The van der Waals surface area contributed by atoms with Crippen molar-refractivity contribution in [2.45, 2.75) is 11.4 Å². The van der Waals surface area contributed by atoms with E-state index in [-0.39, 0.29) is 12.4 Å². The summed E-state index contributed by atoms with van der Waals surface area (Å²) < 4.78 is 39.4. The molecule has 0 bridgehead atoms. The van der Waals surface area contributed by atoms with E-state index in [4.69, 9.17) is 5.73 Å². The highest BCUT2D eigenvalue weighted by molar-refractivity contribution is 7.89. The molecule has 0 saturated heterocycles. The molecule has 4 N–H and O–H groups in total. The number of aromatic nitrogens is 2. The average Bonchev–Trinajstić information content (AvgIpc) is 2.82. The Balaban J connectivity index is 2.26. The normalized spacial score (nSPS) is 11.5. The van der Waals surface area contributed by atoms with Gasteiger partial charge in [-0.05, 0) is 12.1 Å². The number of hydrogen-bond donors (Lipinski definition) is 3. The van der Waals surface area contributed by atoms with Crippen molar-refractivity contribution in [3.8, 4) is 0 Å². The highest BCUT2D eigenvalue weighted by Gasteiger charge is 2.21. The molecule has 1 aromatic heterocycles. The van der Waals surface area contributed by atoms with Gasteiger partial charge in [0.15, 0.2) is 0 Å². The summed E-state index contributed by atoms with van der Waals surface area (Å²) in [6.07, 6.45) is 1.34. The molecule has 0 spiro atoms. The summed E-state index contributed by atoms with van der Waals surface area (Å²) in [4.78, 5) is 9.20. The first-order valence-electron chi connectivity index (χ1n) is 5.52. The molecule has 0 aliphatic rings. The zero-order chi connectivity index (χ0) is 15.6. The predicted octanol–water partition coefficient (Wildman–Crippen LogP) is 0.518. The molecule has 0 atom stereocenters. The van der Waals surface area contributed by atoms with Gasteiger partial charge in [-0.2, -0.15) is 9.49 Å². The Morgan fingerprint density at radius 2 is 2.19 bits per heavy atom. The van der Waals surface area contributed by atoms with Gasteiger partial charge in [0, 0.05) is 18.2 Å². The quantitative estimate of drug-likeness (QED) is 0.542. The lowest BCUT2D eigenvalue weighted by Gasteiger charge is -2.06. The average molecular weight is 315 g/mol. The number of nitrogens with one attached hydrogen (secondary N) is 2. The Labute approximate surface area is 118 Å². The fourth-order valence-electron chi connectivity index (χ4n) is 1.52. The number of H-pyrrole nitrogens is 1. The van der Waals surface area contributed by atoms with E-state index in [0.717, 1.165) is 12.1 Å². The third-order valence-electron chi connectivity index (χ3n) is 2.63. The molecular weight excluding hydrogens is 305 g/mol. The molecule has 0 aliphatic carbocycles. The second-order valence-corrected chi connectivity index (χ2v) is 5.77. The molecule has 2 rings (SSSR count). The SMILES string of the molecule is Nc1[nH]ncc1CNS(=O)(=O)c1ccc(F)c([N+](=O)[O-])c1. The zero-order valence-electron chi connectivity index (χ0n) is 10.4. The van der Waals surface area contributed by atoms with Gasteiger partial charge in [0.1, 0.15) is 5.82 Å². The molecule has 0 radical (unpaired) electrons. The summed E-state index contributed by atoms with van der Waals surface area (Å²) in [5, 5.41) is 16.7. The van der Waals surface area contributed by atoms with E-state index in [1.165, 1.54) is 6.20 Å². The maximum atomic E-state index is 13.2. The fraction of sp³-hybridized carbons (Fsp3) is 0.100. The number of nitrogens with zero attached hydrogens (tertiary/aromatic N) is 2. The van der Waals surface area contributed by atoms with Gasteiger partial charge in [0.05, 0.1) is 16.0 Å². The van der Waals surface area contributed by atoms with Gasteiger partial charge < -0.3 is 5.73 Å². The molecular formula is C10H10FN5O4S. The van der Waals surface area contributed by atoms with Crippen molar-refractivity contribution in [1.29, 1.82) is 0 Å². The first-order chi connectivity index (χ1) is 9.81. The molecule has 1 heterocycles. The van der Waals surface area contributed by atoms with Crippen LogP contribution in [0.3, 0.4) is 0 Å². The molecule has 112 valence electrons. The van der Waals surface area contributed by atoms with Gasteiger partial charge in [-0.25, -0.2) is 13.1 Å². The maximum Gasteiger partial charge on any atom is 0.306 e. The van der Waals surface area contributed by atoms with Crippen LogP contribution in [-0.2, 0) is 16.6 Å². The third-order valence-corrected chi connectivity index (χ3v) is 4.03. The number of benzene rings is 1. The molecule has 21 heavy (non-hydrogen) atoms. The first kappa shape index (κ1) is 14.9. The Bertz CT molecular complexity index is 788. The van der Waals surface area contributed by atoms with Crippen molar-refractivity contribution >= 4 is 21.5 Å². The number of rotatable bonds is 5. The summed E-state index contributed by atoms with van der Waals surface area (Å²) in [6, 6.07) is 2.30. The standard InChI is InChI=1S/C10H10FN5O4S/c11-8-2-1-7(3-9(8)16(17)18)21(19,20)14-5-6-4-13-15-10(6)12/h1-4,14H,5H2,(H3,12,13,15). The Hall–Kier alpha value is -2.53. The van der Waals surface area contributed by atoms with E-state index in [1.54, 1.807) is 0 Å². The van der Waals surface area contributed by atoms with Crippen molar-refractivity contribution in [3.63, 3.8) is 0 Å². The lowest BCUT2D eigenvalue weighted by atomic mass is 10.3.